The lowest BCUT2D eigenvalue weighted by atomic mass is 10.1. The molecular formula is C15H15ClFNO. The van der Waals surface area contributed by atoms with Crippen LogP contribution in [-0.4, -0.2) is 0 Å². The summed E-state index contributed by atoms with van der Waals surface area (Å²) in [6.07, 6.45) is 0. The van der Waals surface area contributed by atoms with Crippen LogP contribution < -0.4 is 10.5 Å². The van der Waals surface area contributed by atoms with Crippen LogP contribution in [0.1, 0.15) is 24.1 Å². The Morgan fingerprint density at radius 3 is 2.68 bits per heavy atom. The van der Waals surface area contributed by atoms with Crippen molar-refractivity contribution in [3.05, 3.63) is 64.4 Å². The van der Waals surface area contributed by atoms with Gasteiger partial charge in [-0.25, -0.2) is 4.39 Å². The molecule has 0 aromatic heterocycles. The quantitative estimate of drug-likeness (QED) is 0.915. The molecule has 0 aliphatic heterocycles. The van der Waals surface area contributed by atoms with Crippen molar-refractivity contribution in [1.29, 1.82) is 0 Å². The maximum atomic E-state index is 13.6. The van der Waals surface area contributed by atoms with Gasteiger partial charge in [0.05, 0.1) is 0 Å². The molecule has 0 amide bonds. The molecule has 4 heteroatoms. The monoisotopic (exact) mass is 279 g/mol. The van der Waals surface area contributed by atoms with E-state index in [1.807, 2.05) is 31.2 Å². The van der Waals surface area contributed by atoms with Gasteiger partial charge in [-0.05, 0) is 25.1 Å². The molecule has 2 N–H and O–H groups in total. The van der Waals surface area contributed by atoms with E-state index in [1.165, 1.54) is 6.07 Å². The van der Waals surface area contributed by atoms with Gasteiger partial charge < -0.3 is 10.5 Å². The van der Waals surface area contributed by atoms with Crippen LogP contribution in [0.5, 0.6) is 5.75 Å². The molecule has 19 heavy (non-hydrogen) atoms. The average Bonchev–Trinajstić information content (AvgIpc) is 2.38. The molecule has 2 aromatic rings. The minimum Gasteiger partial charge on any atom is -0.488 e. The van der Waals surface area contributed by atoms with E-state index in [9.17, 15) is 4.39 Å². The van der Waals surface area contributed by atoms with E-state index in [4.69, 9.17) is 22.1 Å². The van der Waals surface area contributed by atoms with E-state index in [1.54, 1.807) is 12.1 Å². The van der Waals surface area contributed by atoms with Gasteiger partial charge in [0.15, 0.2) is 0 Å². The topological polar surface area (TPSA) is 35.2 Å². The first-order valence-corrected chi connectivity index (χ1v) is 6.37. The highest BCUT2D eigenvalue weighted by Gasteiger charge is 2.09. The molecule has 0 unspecified atom stereocenters. The van der Waals surface area contributed by atoms with Crippen molar-refractivity contribution >= 4 is 11.6 Å². The zero-order valence-electron chi connectivity index (χ0n) is 10.6. The third-order valence-electron chi connectivity index (χ3n) is 2.81. The fourth-order valence-corrected chi connectivity index (χ4v) is 1.94. The van der Waals surface area contributed by atoms with E-state index in [2.05, 4.69) is 0 Å². The van der Waals surface area contributed by atoms with Gasteiger partial charge in [0, 0.05) is 22.2 Å². The van der Waals surface area contributed by atoms with Gasteiger partial charge in [-0.3, -0.25) is 0 Å². The molecule has 100 valence electrons. The lowest BCUT2D eigenvalue weighted by molar-refractivity contribution is 0.295. The molecule has 0 aliphatic rings. The lowest BCUT2D eigenvalue weighted by Gasteiger charge is -2.14. The van der Waals surface area contributed by atoms with E-state index < -0.39 is 0 Å². The van der Waals surface area contributed by atoms with Crippen LogP contribution in [0, 0.1) is 5.82 Å². The van der Waals surface area contributed by atoms with Crippen molar-refractivity contribution in [3.63, 3.8) is 0 Å². The molecule has 0 radical (unpaired) electrons. The standard InChI is InChI=1S/C15H15ClFNO/c1-10(18)13-4-2-3-5-15(13)19-9-11-6-7-12(16)8-14(11)17/h2-8,10H,9,18H2,1H3/t10-/m1/s1. The van der Waals surface area contributed by atoms with Gasteiger partial charge in [-0.15, -0.1) is 0 Å². The molecule has 2 nitrogen and oxygen atoms in total. The maximum absolute atomic E-state index is 13.6. The fourth-order valence-electron chi connectivity index (χ4n) is 1.78. The largest absolute Gasteiger partial charge is 0.488 e. The first-order chi connectivity index (χ1) is 9.08. The zero-order valence-corrected chi connectivity index (χ0v) is 11.3. The van der Waals surface area contributed by atoms with Gasteiger partial charge in [0.1, 0.15) is 18.2 Å². The Labute approximate surface area is 117 Å². The summed E-state index contributed by atoms with van der Waals surface area (Å²) < 4.78 is 19.3. The predicted molar refractivity (Wildman–Crippen MR) is 74.8 cm³/mol. The Morgan fingerprint density at radius 2 is 2.00 bits per heavy atom. The molecule has 0 saturated carbocycles. The summed E-state index contributed by atoms with van der Waals surface area (Å²) in [5, 5.41) is 0.372. The highest BCUT2D eigenvalue weighted by atomic mass is 35.5. The number of para-hydroxylation sites is 1. The maximum Gasteiger partial charge on any atom is 0.131 e. The fraction of sp³-hybridized carbons (Fsp3) is 0.200. The van der Waals surface area contributed by atoms with Crippen LogP contribution in [0.4, 0.5) is 4.39 Å². The van der Waals surface area contributed by atoms with Crippen LogP contribution in [0.25, 0.3) is 0 Å². The molecule has 0 saturated heterocycles. The average molecular weight is 280 g/mol. The molecule has 1 atom stereocenters. The highest BCUT2D eigenvalue weighted by molar-refractivity contribution is 6.30. The summed E-state index contributed by atoms with van der Waals surface area (Å²) >= 11 is 5.70. The van der Waals surface area contributed by atoms with Crippen LogP contribution in [0.15, 0.2) is 42.5 Å². The van der Waals surface area contributed by atoms with Crippen molar-refractivity contribution in [3.8, 4) is 5.75 Å². The van der Waals surface area contributed by atoms with Crippen molar-refractivity contribution in [2.24, 2.45) is 5.73 Å². The molecule has 2 aromatic carbocycles. The molecule has 0 bridgehead atoms. The molecule has 0 aliphatic carbocycles. The third kappa shape index (κ3) is 3.46. The second-order valence-electron chi connectivity index (χ2n) is 4.35. The van der Waals surface area contributed by atoms with Crippen LogP contribution in [0.2, 0.25) is 5.02 Å². The molecule has 0 fully saturated rings. The SMILES string of the molecule is C[C@@H](N)c1ccccc1OCc1ccc(Cl)cc1F. The number of hydrogen-bond donors (Lipinski definition) is 1. The Hall–Kier alpha value is -1.58. The Balaban J connectivity index is 2.14. The normalized spacial score (nSPS) is 12.2. The lowest BCUT2D eigenvalue weighted by Crippen LogP contribution is -2.08. The molecule has 0 spiro atoms. The first kappa shape index (κ1) is 13.8. The van der Waals surface area contributed by atoms with Gasteiger partial charge in [0.25, 0.3) is 0 Å². The van der Waals surface area contributed by atoms with Crippen LogP contribution >= 0.6 is 11.6 Å². The van der Waals surface area contributed by atoms with Crippen LogP contribution in [0.3, 0.4) is 0 Å². The Morgan fingerprint density at radius 1 is 1.26 bits per heavy atom. The summed E-state index contributed by atoms with van der Waals surface area (Å²) in [4.78, 5) is 0. The van der Waals surface area contributed by atoms with Gasteiger partial charge >= 0.3 is 0 Å². The number of benzene rings is 2. The van der Waals surface area contributed by atoms with Gasteiger partial charge in [-0.1, -0.05) is 35.9 Å². The van der Waals surface area contributed by atoms with Gasteiger partial charge in [0.2, 0.25) is 0 Å². The summed E-state index contributed by atoms with van der Waals surface area (Å²) in [7, 11) is 0. The second kappa shape index (κ2) is 6.04. The first-order valence-electron chi connectivity index (χ1n) is 5.99. The number of halogens is 2. The smallest absolute Gasteiger partial charge is 0.131 e. The predicted octanol–water partition coefficient (Wildman–Crippen LogP) is 4.08. The summed E-state index contributed by atoms with van der Waals surface area (Å²) in [6, 6.07) is 11.9. The van der Waals surface area contributed by atoms with E-state index in [0.717, 1.165) is 5.56 Å². The molecule has 2 rings (SSSR count). The second-order valence-corrected chi connectivity index (χ2v) is 4.79. The summed E-state index contributed by atoms with van der Waals surface area (Å²) in [5.74, 6) is 0.303. The van der Waals surface area contributed by atoms with Crippen molar-refractivity contribution < 1.29 is 9.13 Å². The van der Waals surface area contributed by atoms with E-state index >= 15 is 0 Å². The Kier molecular flexibility index (Phi) is 4.40. The highest BCUT2D eigenvalue weighted by Crippen LogP contribution is 2.24. The van der Waals surface area contributed by atoms with Crippen molar-refractivity contribution in [1.82, 2.24) is 0 Å². The summed E-state index contributed by atoms with van der Waals surface area (Å²) in [6.45, 7) is 2.03. The van der Waals surface area contributed by atoms with E-state index in [0.29, 0.717) is 16.3 Å². The van der Waals surface area contributed by atoms with Crippen molar-refractivity contribution in [2.45, 2.75) is 19.6 Å². The van der Waals surface area contributed by atoms with E-state index in [-0.39, 0.29) is 18.5 Å². The number of ether oxygens (including phenoxy) is 1. The Bertz CT molecular complexity index is 572. The molecule has 0 heterocycles. The minimum atomic E-state index is -0.370. The summed E-state index contributed by atoms with van der Waals surface area (Å²) in [5.41, 5.74) is 7.22. The van der Waals surface area contributed by atoms with Crippen molar-refractivity contribution in [2.75, 3.05) is 0 Å². The minimum absolute atomic E-state index is 0.133. The number of hydrogen-bond acceptors (Lipinski definition) is 2. The zero-order chi connectivity index (χ0) is 13.8. The van der Waals surface area contributed by atoms with Gasteiger partial charge in [-0.2, -0.15) is 0 Å². The van der Waals surface area contributed by atoms with Crippen LogP contribution in [-0.2, 0) is 6.61 Å². The third-order valence-corrected chi connectivity index (χ3v) is 3.04. The molecular weight excluding hydrogens is 265 g/mol. The number of nitrogens with two attached hydrogens (primary N) is 1. The number of rotatable bonds is 4.